The summed E-state index contributed by atoms with van der Waals surface area (Å²) < 4.78 is 0. The van der Waals surface area contributed by atoms with Gasteiger partial charge >= 0.3 is 0 Å². The Hall–Kier alpha value is -4.10. The molecule has 154 valence electrons. The van der Waals surface area contributed by atoms with Crippen LogP contribution in [-0.2, 0) is 0 Å². The van der Waals surface area contributed by atoms with Crippen molar-refractivity contribution in [2.75, 3.05) is 5.32 Å². The first kappa shape index (κ1) is 17.5. The van der Waals surface area contributed by atoms with E-state index in [1.54, 1.807) is 0 Å². The minimum atomic E-state index is 1.07. The van der Waals surface area contributed by atoms with Crippen molar-refractivity contribution in [1.82, 2.24) is 0 Å². The summed E-state index contributed by atoms with van der Waals surface area (Å²) in [5.41, 5.74) is 2.46. The lowest BCUT2D eigenvalue weighted by Gasteiger charge is -2.12. The maximum atomic E-state index is 3.66. The van der Waals surface area contributed by atoms with E-state index in [9.17, 15) is 0 Å². The first-order valence-electron chi connectivity index (χ1n) is 11.8. The van der Waals surface area contributed by atoms with Crippen LogP contribution in [0, 0.1) is 0 Å². The molecule has 0 unspecified atom stereocenters. The number of benzene rings is 5. The van der Waals surface area contributed by atoms with Gasteiger partial charge in [0.05, 0.1) is 0 Å². The van der Waals surface area contributed by atoms with Gasteiger partial charge in [0.25, 0.3) is 0 Å². The summed E-state index contributed by atoms with van der Waals surface area (Å²) in [5, 5.41) is 20.2. The normalized spacial score (nSPS) is 14.5. The van der Waals surface area contributed by atoms with Crippen LogP contribution in [0.25, 0.3) is 64.6 Å². The Morgan fingerprint density at radius 1 is 0.515 bits per heavy atom. The van der Waals surface area contributed by atoms with Gasteiger partial charge in [0.2, 0.25) is 0 Å². The second-order valence-corrected chi connectivity index (χ2v) is 9.30. The highest BCUT2D eigenvalue weighted by molar-refractivity contribution is 6.47. The quantitative estimate of drug-likeness (QED) is 0.275. The molecule has 0 fully saturated rings. The van der Waals surface area contributed by atoms with E-state index in [-0.39, 0.29) is 0 Å². The first-order chi connectivity index (χ1) is 16.4. The number of hydrogen-bond donors (Lipinski definition) is 1. The molecule has 1 N–H and O–H groups in total. The molecule has 1 heteroatoms. The topological polar surface area (TPSA) is 12.0 Å². The molecule has 1 aliphatic rings. The van der Waals surface area contributed by atoms with Crippen molar-refractivity contribution in [2.45, 2.75) is 12.8 Å². The molecular weight excluding hydrogens is 398 g/mol. The molecule has 7 aromatic rings. The number of hydrogen-bond acceptors (Lipinski definition) is 1. The molecule has 0 aromatic heterocycles. The Kier molecular flexibility index (Phi) is 3.30. The highest BCUT2D eigenvalue weighted by Gasteiger charge is 2.21. The molecule has 0 heterocycles. The number of anilines is 1. The Labute approximate surface area is 191 Å². The van der Waals surface area contributed by atoms with Crippen molar-refractivity contribution in [2.24, 2.45) is 0 Å². The summed E-state index contributed by atoms with van der Waals surface area (Å²) in [4.78, 5) is 0. The van der Waals surface area contributed by atoms with Gasteiger partial charge in [-0.1, -0.05) is 78.9 Å². The predicted octanol–water partition coefficient (Wildman–Crippen LogP) is 9.13. The van der Waals surface area contributed by atoms with Crippen LogP contribution < -0.4 is 5.32 Å². The lowest BCUT2D eigenvalue weighted by atomic mass is 9.95. The van der Waals surface area contributed by atoms with Crippen molar-refractivity contribution in [1.29, 1.82) is 0 Å². The SMILES string of the molecule is C1=CCCC(Nc2ccc3c(c2)c2cccc4c5c6ccccc6c6cccc(c65)c3c24)=C1. The molecule has 0 radical (unpaired) electrons. The molecule has 7 aromatic carbocycles. The van der Waals surface area contributed by atoms with Gasteiger partial charge in [0, 0.05) is 11.4 Å². The summed E-state index contributed by atoms with van der Waals surface area (Å²) in [6.45, 7) is 0. The number of fused-ring (bicyclic) bond motifs is 8. The van der Waals surface area contributed by atoms with Gasteiger partial charge in [0.1, 0.15) is 0 Å². The lowest BCUT2D eigenvalue weighted by molar-refractivity contribution is 0.967. The van der Waals surface area contributed by atoms with Crippen LogP contribution in [0.15, 0.2) is 103 Å². The Morgan fingerprint density at radius 3 is 1.76 bits per heavy atom. The van der Waals surface area contributed by atoms with Crippen LogP contribution >= 0.6 is 0 Å². The Morgan fingerprint density at radius 2 is 1.09 bits per heavy atom. The first-order valence-corrected chi connectivity index (χ1v) is 11.8. The van der Waals surface area contributed by atoms with Gasteiger partial charge in [-0.25, -0.2) is 0 Å². The number of rotatable bonds is 2. The standard InChI is InChI=1S/C32H21N/c1-2-8-19(9-3-1)33-20-16-17-25-28(18-20)24-13-7-15-26-29-22-11-5-4-10-21(22)23-12-6-14-27(30(23)29)32(25)31(24)26/h1-2,4-8,10-18,33H,3,9H2. The van der Waals surface area contributed by atoms with Crippen LogP contribution in [0.2, 0.25) is 0 Å². The van der Waals surface area contributed by atoms with Gasteiger partial charge in [-0.05, 0) is 95.7 Å². The summed E-state index contributed by atoms with van der Waals surface area (Å²) in [5.74, 6) is 0. The third kappa shape index (κ3) is 2.22. The molecule has 0 amide bonds. The number of allylic oxidation sites excluding steroid dienone is 4. The monoisotopic (exact) mass is 419 g/mol. The zero-order valence-electron chi connectivity index (χ0n) is 18.2. The van der Waals surface area contributed by atoms with Crippen LogP contribution in [0.3, 0.4) is 0 Å². The van der Waals surface area contributed by atoms with E-state index in [1.165, 1.54) is 76.0 Å². The fourth-order valence-electron chi connectivity index (χ4n) is 6.23. The molecule has 0 bridgehead atoms. The molecule has 0 atom stereocenters. The average Bonchev–Trinajstić information content (AvgIpc) is 3.38. The maximum Gasteiger partial charge on any atom is 0.0388 e. The van der Waals surface area contributed by atoms with Gasteiger partial charge in [-0.2, -0.15) is 0 Å². The van der Waals surface area contributed by atoms with Crippen molar-refractivity contribution < 1.29 is 0 Å². The van der Waals surface area contributed by atoms with Gasteiger partial charge in [-0.15, -0.1) is 0 Å². The maximum absolute atomic E-state index is 3.66. The van der Waals surface area contributed by atoms with E-state index in [1.807, 2.05) is 0 Å². The molecule has 0 aliphatic heterocycles. The summed E-state index contributed by atoms with van der Waals surface area (Å²) in [7, 11) is 0. The molecule has 33 heavy (non-hydrogen) atoms. The van der Waals surface area contributed by atoms with Crippen LogP contribution in [0.1, 0.15) is 12.8 Å². The van der Waals surface area contributed by atoms with E-state index < -0.39 is 0 Å². The van der Waals surface area contributed by atoms with Gasteiger partial charge < -0.3 is 5.32 Å². The zero-order chi connectivity index (χ0) is 21.5. The molecule has 0 saturated heterocycles. The second-order valence-electron chi connectivity index (χ2n) is 9.30. The fourth-order valence-corrected chi connectivity index (χ4v) is 6.23. The lowest BCUT2D eigenvalue weighted by Crippen LogP contribution is -2.00. The zero-order valence-corrected chi connectivity index (χ0v) is 18.2. The molecule has 8 rings (SSSR count). The van der Waals surface area contributed by atoms with Crippen molar-refractivity contribution in [3.05, 3.63) is 103 Å². The van der Waals surface area contributed by atoms with Crippen LogP contribution in [0.5, 0.6) is 0 Å². The minimum absolute atomic E-state index is 1.07. The predicted molar refractivity (Wildman–Crippen MR) is 144 cm³/mol. The van der Waals surface area contributed by atoms with Crippen LogP contribution in [0.4, 0.5) is 5.69 Å². The smallest absolute Gasteiger partial charge is 0.0388 e. The Bertz CT molecular complexity index is 1940. The fraction of sp³-hybridized carbons (Fsp3) is 0.0625. The highest BCUT2D eigenvalue weighted by Crippen LogP contribution is 2.50. The van der Waals surface area contributed by atoms with Crippen LogP contribution in [-0.4, -0.2) is 0 Å². The van der Waals surface area contributed by atoms with Crippen molar-refractivity contribution in [3.8, 4) is 0 Å². The Balaban J connectivity index is 1.54. The van der Waals surface area contributed by atoms with Gasteiger partial charge in [0.15, 0.2) is 0 Å². The van der Waals surface area contributed by atoms with Crippen molar-refractivity contribution in [3.63, 3.8) is 0 Å². The minimum Gasteiger partial charge on any atom is -0.359 e. The van der Waals surface area contributed by atoms with Crippen molar-refractivity contribution >= 4 is 70.3 Å². The van der Waals surface area contributed by atoms with Gasteiger partial charge in [-0.3, -0.25) is 0 Å². The highest BCUT2D eigenvalue weighted by atomic mass is 14.9. The van der Waals surface area contributed by atoms with E-state index in [4.69, 9.17) is 0 Å². The third-order valence-electron chi connectivity index (χ3n) is 7.55. The average molecular weight is 420 g/mol. The molecule has 1 nitrogen and oxygen atoms in total. The summed E-state index contributed by atoms with van der Waals surface area (Å²) in [6, 6.07) is 29.5. The molecule has 0 spiro atoms. The molecule has 1 aliphatic carbocycles. The van der Waals surface area contributed by atoms with E-state index >= 15 is 0 Å². The van der Waals surface area contributed by atoms with E-state index in [2.05, 4.69) is 102 Å². The molecule has 0 saturated carbocycles. The second kappa shape index (κ2) is 6.24. The molecular formula is C32H21N. The van der Waals surface area contributed by atoms with E-state index in [0.29, 0.717) is 0 Å². The van der Waals surface area contributed by atoms with E-state index in [0.717, 1.165) is 12.8 Å². The number of nitrogens with one attached hydrogen (secondary N) is 1. The summed E-state index contributed by atoms with van der Waals surface area (Å²) >= 11 is 0. The summed E-state index contributed by atoms with van der Waals surface area (Å²) in [6.07, 6.45) is 8.74. The largest absolute Gasteiger partial charge is 0.359 e. The third-order valence-corrected chi connectivity index (χ3v) is 7.55.